The van der Waals surface area contributed by atoms with Crippen LogP contribution in [0.5, 0.6) is 0 Å². The highest BCUT2D eigenvalue weighted by Crippen LogP contribution is 2.16. The van der Waals surface area contributed by atoms with Gasteiger partial charge in [0.25, 0.3) is 0 Å². The minimum Gasteiger partial charge on any atom is -0.394 e. The van der Waals surface area contributed by atoms with Crippen LogP contribution in [0.4, 0.5) is 0 Å². The first-order valence-corrected chi connectivity index (χ1v) is 17.4. The van der Waals surface area contributed by atoms with Gasteiger partial charge in [0.1, 0.15) is 12.2 Å². The molecule has 0 aromatic heterocycles. The topological polar surface area (TPSA) is 110 Å². The Morgan fingerprint density at radius 2 is 0.850 bits per heavy atom. The molecule has 0 spiro atoms. The first-order chi connectivity index (χ1) is 19.5. The second-order valence-electron chi connectivity index (χ2n) is 12.2. The zero-order chi connectivity index (χ0) is 29.7. The first-order valence-electron chi connectivity index (χ1n) is 17.4. The lowest BCUT2D eigenvalue weighted by Gasteiger charge is -2.27. The second kappa shape index (κ2) is 29.8. The maximum absolute atomic E-state index is 12.4. The molecule has 5 N–H and O–H groups in total. The number of rotatable bonds is 31. The van der Waals surface area contributed by atoms with Crippen molar-refractivity contribution in [2.24, 2.45) is 0 Å². The Hall–Kier alpha value is -0.690. The predicted molar refractivity (Wildman–Crippen MR) is 168 cm³/mol. The van der Waals surface area contributed by atoms with Crippen molar-refractivity contribution in [3.63, 3.8) is 0 Å². The Kier molecular flexibility index (Phi) is 29.3. The van der Waals surface area contributed by atoms with Crippen LogP contribution in [0.3, 0.4) is 0 Å². The van der Waals surface area contributed by atoms with Crippen molar-refractivity contribution in [3.05, 3.63) is 0 Å². The van der Waals surface area contributed by atoms with Crippen LogP contribution < -0.4 is 5.32 Å². The van der Waals surface area contributed by atoms with Crippen LogP contribution in [-0.2, 0) is 4.79 Å². The number of carbonyl (C=O) groups is 1. The molecule has 0 aliphatic rings. The van der Waals surface area contributed by atoms with E-state index in [0.29, 0.717) is 12.8 Å². The zero-order valence-electron chi connectivity index (χ0n) is 26.6. The van der Waals surface area contributed by atoms with Crippen LogP contribution in [-0.4, -0.2) is 57.3 Å². The number of aliphatic hydroxyl groups excluding tert-OH is 4. The average molecular weight is 572 g/mol. The Balaban J connectivity index is 3.74. The Morgan fingerprint density at radius 3 is 1.20 bits per heavy atom. The summed E-state index contributed by atoms with van der Waals surface area (Å²) in [6.07, 6.45) is 27.1. The molecule has 1 amide bonds. The Morgan fingerprint density at radius 1 is 0.525 bits per heavy atom. The third kappa shape index (κ3) is 24.0. The molecular formula is C34H69NO5. The number of nitrogens with one attached hydrogen (secondary N) is 1. The highest BCUT2D eigenvalue weighted by Gasteiger charge is 2.28. The summed E-state index contributed by atoms with van der Waals surface area (Å²) in [6, 6.07) is -0.975. The van der Waals surface area contributed by atoms with E-state index in [0.717, 1.165) is 38.5 Å². The molecule has 6 heteroatoms. The fourth-order valence-corrected chi connectivity index (χ4v) is 5.46. The summed E-state index contributed by atoms with van der Waals surface area (Å²) < 4.78 is 0. The molecule has 4 unspecified atom stereocenters. The molecule has 0 heterocycles. The molecule has 0 aromatic carbocycles. The Bertz CT molecular complexity index is 532. The van der Waals surface area contributed by atoms with Crippen molar-refractivity contribution < 1.29 is 25.2 Å². The summed E-state index contributed by atoms with van der Waals surface area (Å²) in [5, 5.41) is 43.1. The van der Waals surface area contributed by atoms with Gasteiger partial charge in [0.15, 0.2) is 0 Å². The normalized spacial score (nSPS) is 14.7. The molecule has 0 fully saturated rings. The van der Waals surface area contributed by atoms with Crippen LogP contribution in [0.1, 0.15) is 181 Å². The molecule has 0 saturated carbocycles. The maximum atomic E-state index is 12.4. The summed E-state index contributed by atoms with van der Waals surface area (Å²) in [4.78, 5) is 12.4. The fourth-order valence-electron chi connectivity index (χ4n) is 5.46. The molecule has 0 bridgehead atoms. The van der Waals surface area contributed by atoms with E-state index in [1.165, 1.54) is 116 Å². The maximum Gasteiger partial charge on any atom is 0.249 e. The van der Waals surface area contributed by atoms with Gasteiger partial charge in [-0.25, -0.2) is 0 Å². The predicted octanol–water partition coefficient (Wildman–Crippen LogP) is 7.73. The van der Waals surface area contributed by atoms with Gasteiger partial charge < -0.3 is 25.7 Å². The van der Waals surface area contributed by atoms with Crippen LogP contribution in [0.2, 0.25) is 0 Å². The van der Waals surface area contributed by atoms with Gasteiger partial charge >= 0.3 is 0 Å². The van der Waals surface area contributed by atoms with Crippen molar-refractivity contribution in [1.29, 1.82) is 0 Å². The van der Waals surface area contributed by atoms with Crippen molar-refractivity contribution in [1.82, 2.24) is 5.32 Å². The number of hydrogen-bond acceptors (Lipinski definition) is 5. The van der Waals surface area contributed by atoms with E-state index in [9.17, 15) is 25.2 Å². The first kappa shape index (κ1) is 39.3. The molecule has 0 aliphatic carbocycles. The molecule has 0 radical (unpaired) electrons. The molecule has 0 aromatic rings. The SMILES string of the molecule is CCCCCCCCCCCCCCCCCCCC(O)C(=O)NC(CO)C(O)C(O)CCCCCCCCC. The van der Waals surface area contributed by atoms with Crippen molar-refractivity contribution >= 4 is 5.91 Å². The number of amides is 1. The van der Waals surface area contributed by atoms with E-state index in [1.807, 2.05) is 0 Å². The summed E-state index contributed by atoms with van der Waals surface area (Å²) >= 11 is 0. The smallest absolute Gasteiger partial charge is 0.249 e. The third-order valence-electron chi connectivity index (χ3n) is 8.32. The summed E-state index contributed by atoms with van der Waals surface area (Å²) in [5.74, 6) is -0.585. The van der Waals surface area contributed by atoms with E-state index in [2.05, 4.69) is 19.2 Å². The van der Waals surface area contributed by atoms with E-state index in [-0.39, 0.29) is 0 Å². The van der Waals surface area contributed by atoms with Crippen LogP contribution in [0.25, 0.3) is 0 Å². The summed E-state index contributed by atoms with van der Waals surface area (Å²) in [7, 11) is 0. The van der Waals surface area contributed by atoms with E-state index < -0.39 is 36.9 Å². The molecular weight excluding hydrogens is 502 g/mol. The molecule has 4 atom stereocenters. The van der Waals surface area contributed by atoms with Gasteiger partial charge in [0, 0.05) is 0 Å². The van der Waals surface area contributed by atoms with Gasteiger partial charge in [-0.05, 0) is 12.8 Å². The van der Waals surface area contributed by atoms with Crippen LogP contribution in [0.15, 0.2) is 0 Å². The molecule has 240 valence electrons. The van der Waals surface area contributed by atoms with Gasteiger partial charge in [0.05, 0.1) is 18.8 Å². The Labute approximate surface area is 248 Å². The third-order valence-corrected chi connectivity index (χ3v) is 8.32. The van der Waals surface area contributed by atoms with Gasteiger partial charge in [-0.2, -0.15) is 0 Å². The molecule has 0 rings (SSSR count). The lowest BCUT2D eigenvalue weighted by molar-refractivity contribution is -0.132. The van der Waals surface area contributed by atoms with Crippen LogP contribution >= 0.6 is 0 Å². The summed E-state index contributed by atoms with van der Waals surface area (Å²) in [5.41, 5.74) is 0. The van der Waals surface area contributed by atoms with Gasteiger partial charge in [0.2, 0.25) is 5.91 Å². The number of carbonyl (C=O) groups excluding carboxylic acids is 1. The van der Waals surface area contributed by atoms with Crippen molar-refractivity contribution in [3.8, 4) is 0 Å². The minimum absolute atomic E-state index is 0.374. The average Bonchev–Trinajstić information content (AvgIpc) is 2.96. The molecule has 0 saturated heterocycles. The number of unbranched alkanes of at least 4 members (excludes halogenated alkanes) is 22. The van der Waals surface area contributed by atoms with Gasteiger partial charge in [-0.1, -0.05) is 168 Å². The minimum atomic E-state index is -1.25. The van der Waals surface area contributed by atoms with Crippen molar-refractivity contribution in [2.45, 2.75) is 205 Å². The monoisotopic (exact) mass is 572 g/mol. The number of hydrogen-bond donors (Lipinski definition) is 5. The van der Waals surface area contributed by atoms with Gasteiger partial charge in [-0.15, -0.1) is 0 Å². The van der Waals surface area contributed by atoms with E-state index >= 15 is 0 Å². The largest absolute Gasteiger partial charge is 0.394 e. The lowest BCUT2D eigenvalue weighted by atomic mass is 9.99. The number of aliphatic hydroxyl groups is 4. The summed E-state index contributed by atoms with van der Waals surface area (Å²) in [6.45, 7) is 3.98. The molecule has 6 nitrogen and oxygen atoms in total. The van der Waals surface area contributed by atoms with E-state index in [4.69, 9.17) is 0 Å². The second-order valence-corrected chi connectivity index (χ2v) is 12.2. The fraction of sp³-hybridized carbons (Fsp3) is 0.971. The van der Waals surface area contributed by atoms with E-state index in [1.54, 1.807) is 0 Å². The molecule has 0 aliphatic heterocycles. The van der Waals surface area contributed by atoms with Crippen LogP contribution in [0, 0.1) is 0 Å². The standard InChI is InChI=1S/C34H69NO5/c1-3-5-7-9-11-12-13-14-15-16-17-18-19-20-22-24-26-28-32(38)34(40)35-30(29-36)33(39)31(37)27-25-23-21-10-8-6-4-2/h30-33,36-39H,3-29H2,1-2H3,(H,35,40). The highest BCUT2D eigenvalue weighted by atomic mass is 16.3. The zero-order valence-corrected chi connectivity index (χ0v) is 26.6. The van der Waals surface area contributed by atoms with Crippen molar-refractivity contribution in [2.75, 3.05) is 6.61 Å². The molecule has 40 heavy (non-hydrogen) atoms. The van der Waals surface area contributed by atoms with Gasteiger partial charge in [-0.3, -0.25) is 4.79 Å². The lowest BCUT2D eigenvalue weighted by Crippen LogP contribution is -2.53. The highest BCUT2D eigenvalue weighted by molar-refractivity contribution is 5.80. The quantitative estimate of drug-likeness (QED) is 0.0547.